The topological polar surface area (TPSA) is 68.3 Å². The zero-order chi connectivity index (χ0) is 11.3. The van der Waals surface area contributed by atoms with Crippen LogP contribution in [0.15, 0.2) is 0 Å². The quantitative estimate of drug-likeness (QED) is 0.353. The van der Waals surface area contributed by atoms with Crippen molar-refractivity contribution in [3.63, 3.8) is 0 Å². The third kappa shape index (κ3) is 3.68. The molecule has 5 heteroatoms. The molecule has 2 aliphatic rings. The molecule has 2 saturated heterocycles. The highest BCUT2D eigenvalue weighted by Crippen LogP contribution is 2.19. The molecule has 16 heavy (non-hydrogen) atoms. The van der Waals surface area contributed by atoms with Gasteiger partial charge in [-0.25, -0.2) is 0 Å². The number of piperidine rings is 1. The second-order valence-electron chi connectivity index (χ2n) is 4.90. The van der Waals surface area contributed by atoms with Crippen molar-refractivity contribution in [3.05, 3.63) is 0 Å². The lowest BCUT2D eigenvalue weighted by Gasteiger charge is -2.39. The van der Waals surface area contributed by atoms with E-state index >= 15 is 0 Å². The van der Waals surface area contributed by atoms with Crippen molar-refractivity contribution in [2.45, 2.75) is 31.0 Å². The van der Waals surface area contributed by atoms with Crippen LogP contribution in [-0.4, -0.2) is 56.1 Å². The number of aliphatic hydroxyl groups is 1. The number of hydrogen-bond donors (Lipinski definition) is 5. The summed E-state index contributed by atoms with van der Waals surface area (Å²) < 4.78 is 0. The van der Waals surface area contributed by atoms with Crippen molar-refractivity contribution in [2.24, 2.45) is 0 Å². The summed E-state index contributed by atoms with van der Waals surface area (Å²) in [5, 5.41) is 23.8. The van der Waals surface area contributed by atoms with E-state index in [2.05, 4.69) is 21.3 Å². The van der Waals surface area contributed by atoms with Crippen LogP contribution in [0, 0.1) is 0 Å². The first-order chi connectivity index (χ1) is 7.79. The van der Waals surface area contributed by atoms with Crippen LogP contribution in [0.25, 0.3) is 0 Å². The Kier molecular flexibility index (Phi) is 4.55. The number of rotatable bonds is 0. The summed E-state index contributed by atoms with van der Waals surface area (Å²) >= 11 is 0. The zero-order valence-corrected chi connectivity index (χ0v) is 9.89. The average molecular weight is 228 g/mol. The molecule has 5 nitrogen and oxygen atoms in total. The summed E-state index contributed by atoms with van der Waals surface area (Å²) in [6, 6.07) is 0.403. The molecule has 2 atom stereocenters. The maximum absolute atomic E-state index is 10.4. The first-order valence-electron chi connectivity index (χ1n) is 6.41. The van der Waals surface area contributed by atoms with E-state index in [-0.39, 0.29) is 0 Å². The van der Waals surface area contributed by atoms with E-state index in [4.69, 9.17) is 0 Å². The standard InChI is InChI=1S/C11H24N4O/c16-11-3-1-2-10(15-11)8-13-6-4-12-5-7-14-9-11/h10,12-16H,1-9H2. The van der Waals surface area contributed by atoms with Gasteiger partial charge in [0.25, 0.3) is 0 Å². The van der Waals surface area contributed by atoms with E-state index in [0.29, 0.717) is 12.6 Å². The second kappa shape index (κ2) is 5.93. The summed E-state index contributed by atoms with van der Waals surface area (Å²) in [6.45, 7) is 5.47. The number of hydrogen-bond acceptors (Lipinski definition) is 5. The fourth-order valence-electron chi connectivity index (χ4n) is 2.51. The highest BCUT2D eigenvalue weighted by Gasteiger charge is 2.32. The molecule has 2 unspecified atom stereocenters. The fourth-order valence-corrected chi connectivity index (χ4v) is 2.51. The van der Waals surface area contributed by atoms with Gasteiger partial charge >= 0.3 is 0 Å². The Morgan fingerprint density at radius 1 is 1.00 bits per heavy atom. The van der Waals surface area contributed by atoms with Gasteiger partial charge in [-0.15, -0.1) is 0 Å². The second-order valence-corrected chi connectivity index (χ2v) is 4.90. The van der Waals surface area contributed by atoms with Crippen LogP contribution in [0.4, 0.5) is 0 Å². The normalized spacial score (nSPS) is 38.4. The van der Waals surface area contributed by atoms with Crippen LogP contribution in [-0.2, 0) is 0 Å². The lowest BCUT2D eigenvalue weighted by Crippen LogP contribution is -2.61. The van der Waals surface area contributed by atoms with E-state index in [9.17, 15) is 5.11 Å². The van der Waals surface area contributed by atoms with Crippen LogP contribution < -0.4 is 21.3 Å². The van der Waals surface area contributed by atoms with Crippen molar-refractivity contribution in [1.29, 1.82) is 0 Å². The van der Waals surface area contributed by atoms with E-state index in [1.54, 1.807) is 0 Å². The molecule has 0 spiro atoms. The van der Waals surface area contributed by atoms with Gasteiger partial charge in [-0.05, 0) is 19.3 Å². The van der Waals surface area contributed by atoms with Crippen LogP contribution in [0.5, 0.6) is 0 Å². The predicted molar refractivity (Wildman–Crippen MR) is 64.3 cm³/mol. The maximum atomic E-state index is 10.4. The molecular weight excluding hydrogens is 204 g/mol. The van der Waals surface area contributed by atoms with E-state index < -0.39 is 5.72 Å². The van der Waals surface area contributed by atoms with Crippen LogP contribution in [0.1, 0.15) is 19.3 Å². The third-order valence-corrected chi connectivity index (χ3v) is 3.38. The Labute approximate surface area is 97.4 Å². The molecule has 0 aromatic carbocycles. The van der Waals surface area contributed by atoms with E-state index in [0.717, 1.165) is 52.0 Å². The van der Waals surface area contributed by atoms with Gasteiger partial charge in [-0.2, -0.15) is 0 Å². The van der Waals surface area contributed by atoms with Gasteiger partial charge in [0, 0.05) is 45.3 Å². The Morgan fingerprint density at radius 2 is 1.75 bits per heavy atom. The lowest BCUT2D eigenvalue weighted by atomic mass is 9.95. The Balaban J connectivity index is 1.88. The van der Waals surface area contributed by atoms with Crippen molar-refractivity contribution < 1.29 is 5.11 Å². The van der Waals surface area contributed by atoms with Crippen molar-refractivity contribution in [3.8, 4) is 0 Å². The summed E-state index contributed by atoms with van der Waals surface area (Å²) in [4.78, 5) is 0. The molecule has 94 valence electrons. The minimum atomic E-state index is -0.705. The minimum absolute atomic E-state index is 0.403. The van der Waals surface area contributed by atoms with Gasteiger partial charge in [0.15, 0.2) is 0 Å². The van der Waals surface area contributed by atoms with Gasteiger partial charge in [0.05, 0.1) is 0 Å². The third-order valence-electron chi connectivity index (χ3n) is 3.38. The molecular formula is C11H24N4O. The van der Waals surface area contributed by atoms with E-state index in [1.807, 2.05) is 0 Å². The summed E-state index contributed by atoms with van der Waals surface area (Å²) in [5.74, 6) is 0. The van der Waals surface area contributed by atoms with Crippen LogP contribution >= 0.6 is 0 Å². The summed E-state index contributed by atoms with van der Waals surface area (Å²) in [5.41, 5.74) is -0.705. The van der Waals surface area contributed by atoms with E-state index in [1.165, 1.54) is 0 Å². The monoisotopic (exact) mass is 228 g/mol. The lowest BCUT2D eigenvalue weighted by molar-refractivity contribution is -0.0326. The molecule has 2 fully saturated rings. The molecule has 0 aromatic rings. The Morgan fingerprint density at radius 3 is 2.62 bits per heavy atom. The van der Waals surface area contributed by atoms with Gasteiger partial charge < -0.3 is 21.1 Å². The number of β-amino-alcohol motifs (C(OH)–C–C–N with tert-alkyl or cyclic N) is 1. The van der Waals surface area contributed by atoms with Gasteiger partial charge in [0.2, 0.25) is 0 Å². The predicted octanol–water partition coefficient (Wildman–Crippen LogP) is -1.40. The molecule has 0 radical (unpaired) electrons. The number of fused-ring (bicyclic) bond motifs is 2. The fraction of sp³-hybridized carbons (Fsp3) is 1.00. The molecule has 5 N–H and O–H groups in total. The summed E-state index contributed by atoms with van der Waals surface area (Å²) in [6.07, 6.45) is 3.11. The van der Waals surface area contributed by atoms with Crippen LogP contribution in [0.3, 0.4) is 0 Å². The molecule has 0 aliphatic carbocycles. The molecule has 2 aliphatic heterocycles. The number of nitrogens with one attached hydrogen (secondary N) is 4. The Hall–Kier alpha value is -0.200. The Bertz CT molecular complexity index is 214. The molecule has 0 amide bonds. The maximum Gasteiger partial charge on any atom is 0.128 e. The van der Waals surface area contributed by atoms with Gasteiger partial charge in [-0.3, -0.25) is 5.32 Å². The molecule has 0 saturated carbocycles. The zero-order valence-electron chi connectivity index (χ0n) is 9.89. The molecule has 2 heterocycles. The first-order valence-corrected chi connectivity index (χ1v) is 6.41. The molecule has 2 bridgehead atoms. The smallest absolute Gasteiger partial charge is 0.128 e. The van der Waals surface area contributed by atoms with Crippen molar-refractivity contribution in [1.82, 2.24) is 21.3 Å². The van der Waals surface area contributed by atoms with Crippen molar-refractivity contribution >= 4 is 0 Å². The summed E-state index contributed by atoms with van der Waals surface area (Å²) in [7, 11) is 0. The minimum Gasteiger partial charge on any atom is -0.375 e. The largest absolute Gasteiger partial charge is 0.375 e. The van der Waals surface area contributed by atoms with Crippen LogP contribution in [0.2, 0.25) is 0 Å². The highest BCUT2D eigenvalue weighted by molar-refractivity contribution is 4.89. The molecule has 0 aromatic heterocycles. The molecule has 2 rings (SSSR count). The average Bonchev–Trinajstić information content (AvgIpc) is 2.25. The first kappa shape index (κ1) is 12.3. The van der Waals surface area contributed by atoms with Gasteiger partial charge in [0.1, 0.15) is 5.72 Å². The SMILES string of the molecule is OC12CCCC(CNCCNCCNC1)N2. The van der Waals surface area contributed by atoms with Crippen molar-refractivity contribution in [2.75, 3.05) is 39.3 Å². The highest BCUT2D eigenvalue weighted by atomic mass is 16.3. The van der Waals surface area contributed by atoms with Gasteiger partial charge in [-0.1, -0.05) is 0 Å².